The Morgan fingerprint density at radius 1 is 1.29 bits per heavy atom. The number of amides is 1. The maximum absolute atomic E-state index is 13.2. The molecule has 3 heterocycles. The van der Waals surface area contributed by atoms with Crippen molar-refractivity contribution in [1.29, 1.82) is 0 Å². The molecule has 1 aliphatic heterocycles. The van der Waals surface area contributed by atoms with Crippen LogP contribution in [0, 0.1) is 5.92 Å². The minimum Gasteiger partial charge on any atom is -0.318 e. The molecule has 0 aliphatic carbocycles. The number of para-hydroxylation sites is 1. The summed E-state index contributed by atoms with van der Waals surface area (Å²) < 4.78 is 1.85. The molecule has 0 unspecified atom stereocenters. The van der Waals surface area contributed by atoms with Crippen LogP contribution in [-0.2, 0) is 7.05 Å². The molecule has 24 heavy (non-hydrogen) atoms. The van der Waals surface area contributed by atoms with Gasteiger partial charge in [-0.1, -0.05) is 19.1 Å². The third-order valence-electron chi connectivity index (χ3n) is 4.22. The van der Waals surface area contributed by atoms with Crippen LogP contribution in [0.3, 0.4) is 0 Å². The highest BCUT2D eigenvalue weighted by Crippen LogP contribution is 2.36. The number of thioether (sulfide) groups is 1. The summed E-state index contributed by atoms with van der Waals surface area (Å²) in [7, 11) is 1.90. The second-order valence-electron chi connectivity index (χ2n) is 6.22. The van der Waals surface area contributed by atoms with E-state index >= 15 is 0 Å². The minimum absolute atomic E-state index is 0.0168. The summed E-state index contributed by atoms with van der Waals surface area (Å²) in [5, 5.41) is 0. The number of benzene rings is 1. The summed E-state index contributed by atoms with van der Waals surface area (Å²) >= 11 is 1.81. The molecule has 1 amide bonds. The molecule has 0 bridgehead atoms. The summed E-state index contributed by atoms with van der Waals surface area (Å²) in [4.78, 5) is 24.9. The fraction of sp³-hybridized carbons (Fsp3) is 0.278. The Kier molecular flexibility index (Phi) is 3.76. The molecule has 4 rings (SSSR count). The topological polar surface area (TPSA) is 51.0 Å². The van der Waals surface area contributed by atoms with E-state index in [4.69, 9.17) is 0 Å². The largest absolute Gasteiger partial charge is 0.318 e. The van der Waals surface area contributed by atoms with Crippen LogP contribution in [0.25, 0.3) is 11.2 Å². The Bertz CT molecular complexity index is 920. The summed E-state index contributed by atoms with van der Waals surface area (Å²) in [6.45, 7) is 2.89. The van der Waals surface area contributed by atoms with E-state index < -0.39 is 0 Å². The Balaban J connectivity index is 1.76. The highest BCUT2D eigenvalue weighted by molar-refractivity contribution is 7.99. The number of nitrogens with zero attached hydrogens (tertiary/aromatic N) is 4. The average molecular weight is 338 g/mol. The molecular weight excluding hydrogens is 320 g/mol. The number of carbonyl (C=O) groups excluding carboxylic acids is 1. The van der Waals surface area contributed by atoms with Gasteiger partial charge in [0, 0.05) is 30.4 Å². The molecule has 6 heteroatoms. The van der Waals surface area contributed by atoms with Crippen molar-refractivity contribution in [1.82, 2.24) is 14.5 Å². The Labute approximate surface area is 144 Å². The van der Waals surface area contributed by atoms with E-state index in [0.717, 1.165) is 27.5 Å². The van der Waals surface area contributed by atoms with Crippen LogP contribution < -0.4 is 4.90 Å². The van der Waals surface area contributed by atoms with Gasteiger partial charge in [0.1, 0.15) is 5.52 Å². The highest BCUT2D eigenvalue weighted by atomic mass is 32.2. The fourth-order valence-corrected chi connectivity index (χ4v) is 4.05. The number of fused-ring (bicyclic) bond motifs is 2. The highest BCUT2D eigenvalue weighted by Gasteiger charge is 2.26. The zero-order valence-electron chi connectivity index (χ0n) is 13.6. The lowest BCUT2D eigenvalue weighted by Crippen LogP contribution is -2.34. The monoisotopic (exact) mass is 338 g/mol. The van der Waals surface area contributed by atoms with Crippen molar-refractivity contribution in [2.75, 3.05) is 17.2 Å². The van der Waals surface area contributed by atoms with Crippen LogP contribution in [0.4, 0.5) is 5.69 Å². The van der Waals surface area contributed by atoms with E-state index in [0.29, 0.717) is 18.0 Å². The predicted octanol–water partition coefficient (Wildman–Crippen LogP) is 3.36. The smallest absolute Gasteiger partial charge is 0.259 e. The molecule has 3 aromatic rings. The van der Waals surface area contributed by atoms with E-state index in [-0.39, 0.29) is 5.91 Å². The number of hydrogen-bond acceptors (Lipinski definition) is 4. The van der Waals surface area contributed by atoms with Crippen molar-refractivity contribution in [2.24, 2.45) is 13.0 Å². The van der Waals surface area contributed by atoms with Gasteiger partial charge in [-0.05, 0) is 24.1 Å². The van der Waals surface area contributed by atoms with Gasteiger partial charge in [0.05, 0.1) is 17.6 Å². The van der Waals surface area contributed by atoms with Crippen LogP contribution >= 0.6 is 11.8 Å². The quantitative estimate of drug-likeness (QED) is 0.683. The Morgan fingerprint density at radius 3 is 3.00 bits per heavy atom. The summed E-state index contributed by atoms with van der Waals surface area (Å²) in [6, 6.07) is 9.93. The average Bonchev–Trinajstić information content (AvgIpc) is 2.88. The van der Waals surface area contributed by atoms with Crippen LogP contribution in [-0.4, -0.2) is 32.7 Å². The van der Waals surface area contributed by atoms with Gasteiger partial charge in [-0.25, -0.2) is 9.97 Å². The Morgan fingerprint density at radius 2 is 2.12 bits per heavy atom. The molecule has 2 aromatic heterocycles. The molecule has 0 saturated heterocycles. The lowest BCUT2D eigenvalue weighted by molar-refractivity contribution is 0.0983. The molecule has 122 valence electrons. The van der Waals surface area contributed by atoms with Gasteiger partial charge in [-0.15, -0.1) is 11.8 Å². The normalized spacial score (nSPS) is 17.6. The van der Waals surface area contributed by atoms with E-state index in [1.807, 2.05) is 52.5 Å². The number of carbonyl (C=O) groups is 1. The fourth-order valence-electron chi connectivity index (χ4n) is 2.98. The van der Waals surface area contributed by atoms with Gasteiger partial charge in [-0.3, -0.25) is 4.79 Å². The van der Waals surface area contributed by atoms with Crippen LogP contribution in [0.15, 0.2) is 47.8 Å². The van der Waals surface area contributed by atoms with Gasteiger partial charge >= 0.3 is 0 Å². The number of rotatable bonds is 1. The van der Waals surface area contributed by atoms with Crippen molar-refractivity contribution < 1.29 is 4.79 Å². The van der Waals surface area contributed by atoms with Crippen molar-refractivity contribution >= 4 is 34.5 Å². The maximum atomic E-state index is 13.2. The Hall–Kier alpha value is -2.34. The first-order valence-electron chi connectivity index (χ1n) is 7.94. The van der Waals surface area contributed by atoms with Gasteiger partial charge in [0.15, 0.2) is 5.65 Å². The number of hydrogen-bond donors (Lipinski definition) is 0. The van der Waals surface area contributed by atoms with Crippen LogP contribution in [0.1, 0.15) is 17.3 Å². The summed E-state index contributed by atoms with van der Waals surface area (Å²) in [6.07, 6.45) is 3.36. The lowest BCUT2D eigenvalue weighted by Gasteiger charge is -2.24. The van der Waals surface area contributed by atoms with Gasteiger partial charge in [0.25, 0.3) is 5.91 Å². The molecule has 1 aliphatic rings. The summed E-state index contributed by atoms with van der Waals surface area (Å²) in [5.74, 6) is 1.42. The number of aryl methyl sites for hydroxylation is 1. The predicted molar refractivity (Wildman–Crippen MR) is 96.5 cm³/mol. The molecule has 1 atom stereocenters. The standard InChI is InChI=1S/C18H18N4OS/c1-12-9-22(15-5-3-4-6-16(15)24-10-12)18(23)13-7-14-17(19-8-13)21(2)11-20-14/h3-8,11-12H,9-10H2,1-2H3/t12-/m0/s1. The van der Waals surface area contributed by atoms with E-state index in [1.165, 1.54) is 0 Å². The third-order valence-corrected chi connectivity index (χ3v) is 5.61. The van der Waals surface area contributed by atoms with Gasteiger partial charge in [-0.2, -0.15) is 0 Å². The first kappa shape index (κ1) is 15.2. The maximum Gasteiger partial charge on any atom is 0.259 e. The van der Waals surface area contributed by atoms with E-state index in [2.05, 4.69) is 23.0 Å². The number of anilines is 1. The molecule has 0 radical (unpaired) electrons. The van der Waals surface area contributed by atoms with Crippen molar-refractivity contribution in [2.45, 2.75) is 11.8 Å². The second kappa shape index (κ2) is 5.94. The summed E-state index contributed by atoms with van der Waals surface area (Å²) in [5.41, 5.74) is 3.09. The SMILES string of the molecule is C[C@@H]1CSc2ccccc2N(C(=O)c2cnc3c(c2)ncn3C)C1. The molecule has 0 N–H and O–H groups in total. The van der Waals surface area contributed by atoms with Gasteiger partial charge in [0.2, 0.25) is 0 Å². The first-order chi connectivity index (χ1) is 11.6. The minimum atomic E-state index is -0.0168. The zero-order chi connectivity index (χ0) is 16.7. The molecule has 5 nitrogen and oxygen atoms in total. The third kappa shape index (κ3) is 2.57. The molecule has 0 fully saturated rings. The van der Waals surface area contributed by atoms with E-state index in [9.17, 15) is 4.79 Å². The van der Waals surface area contributed by atoms with Crippen molar-refractivity contribution in [3.8, 4) is 0 Å². The van der Waals surface area contributed by atoms with Crippen LogP contribution in [0.2, 0.25) is 0 Å². The van der Waals surface area contributed by atoms with Crippen molar-refractivity contribution in [3.63, 3.8) is 0 Å². The molecule has 1 aromatic carbocycles. The van der Waals surface area contributed by atoms with Crippen molar-refractivity contribution in [3.05, 3.63) is 48.4 Å². The zero-order valence-corrected chi connectivity index (χ0v) is 14.5. The lowest BCUT2D eigenvalue weighted by atomic mass is 10.1. The first-order valence-corrected chi connectivity index (χ1v) is 8.93. The van der Waals surface area contributed by atoms with Gasteiger partial charge < -0.3 is 9.47 Å². The molecule has 0 saturated carbocycles. The number of pyridine rings is 1. The number of imidazole rings is 1. The second-order valence-corrected chi connectivity index (χ2v) is 7.28. The molecule has 0 spiro atoms. The van der Waals surface area contributed by atoms with E-state index in [1.54, 1.807) is 12.5 Å². The number of aromatic nitrogens is 3. The van der Waals surface area contributed by atoms with Crippen LogP contribution in [0.5, 0.6) is 0 Å². The molecular formula is C18H18N4OS.